The Morgan fingerprint density at radius 1 is 1.53 bits per heavy atom. The van der Waals surface area contributed by atoms with Crippen molar-refractivity contribution in [2.75, 3.05) is 5.43 Å². The molecule has 2 N–H and O–H groups in total. The van der Waals surface area contributed by atoms with Crippen LogP contribution in [0.1, 0.15) is 0 Å². The SMILES string of the molecule is O=C(O)/C=N/Nc1nc2ccccc2s1. The van der Waals surface area contributed by atoms with Crippen molar-refractivity contribution in [2.24, 2.45) is 5.10 Å². The minimum Gasteiger partial charge on any atom is -0.477 e. The topological polar surface area (TPSA) is 74.6 Å². The number of carbonyl (C=O) groups is 1. The number of nitrogens with one attached hydrogen (secondary N) is 1. The number of carboxylic acid groups (broad SMARTS) is 1. The minimum atomic E-state index is -1.09. The second kappa shape index (κ2) is 4.05. The van der Waals surface area contributed by atoms with E-state index in [1.54, 1.807) is 0 Å². The Balaban J connectivity index is 2.19. The maximum atomic E-state index is 10.2. The number of hydrogen-bond donors (Lipinski definition) is 2. The Kier molecular flexibility index (Phi) is 2.59. The summed E-state index contributed by atoms with van der Waals surface area (Å²) in [4.78, 5) is 14.4. The summed E-state index contributed by atoms with van der Waals surface area (Å²) in [6.07, 6.45) is 0.784. The monoisotopic (exact) mass is 221 g/mol. The molecule has 1 aromatic carbocycles. The van der Waals surface area contributed by atoms with E-state index in [1.807, 2.05) is 24.3 Å². The maximum absolute atomic E-state index is 10.2. The normalized spacial score (nSPS) is 10.9. The standard InChI is InChI=1S/C9H7N3O2S/c13-8(14)5-10-12-9-11-6-3-1-2-4-7(6)15-9/h1-5H,(H,11,12)(H,13,14)/b10-5+. The van der Waals surface area contributed by atoms with Crippen molar-refractivity contribution in [1.29, 1.82) is 0 Å². The molecule has 0 aliphatic carbocycles. The summed E-state index contributed by atoms with van der Waals surface area (Å²) in [7, 11) is 0. The number of hydrazone groups is 1. The van der Waals surface area contributed by atoms with E-state index in [4.69, 9.17) is 5.11 Å². The molecule has 15 heavy (non-hydrogen) atoms. The van der Waals surface area contributed by atoms with E-state index in [1.165, 1.54) is 11.3 Å². The highest BCUT2D eigenvalue weighted by molar-refractivity contribution is 7.22. The fraction of sp³-hybridized carbons (Fsp3) is 0. The molecule has 76 valence electrons. The van der Waals surface area contributed by atoms with Crippen LogP contribution >= 0.6 is 11.3 Å². The van der Waals surface area contributed by atoms with E-state index in [2.05, 4.69) is 15.5 Å². The number of thiazole rings is 1. The van der Waals surface area contributed by atoms with E-state index in [9.17, 15) is 4.79 Å². The number of rotatable bonds is 3. The van der Waals surface area contributed by atoms with Crippen LogP contribution in [0, 0.1) is 0 Å². The second-order valence-corrected chi connectivity index (χ2v) is 3.73. The molecule has 0 aliphatic heterocycles. The van der Waals surface area contributed by atoms with Gasteiger partial charge in [0.25, 0.3) is 0 Å². The molecule has 0 amide bonds. The Labute approximate surface area is 89.1 Å². The van der Waals surface area contributed by atoms with Crippen molar-refractivity contribution >= 4 is 38.9 Å². The van der Waals surface area contributed by atoms with Crippen LogP contribution in [-0.2, 0) is 4.79 Å². The summed E-state index contributed by atoms with van der Waals surface area (Å²) in [6.45, 7) is 0. The van der Waals surface area contributed by atoms with E-state index in [-0.39, 0.29) is 0 Å². The molecule has 0 saturated heterocycles. The van der Waals surface area contributed by atoms with Crippen molar-refractivity contribution < 1.29 is 9.90 Å². The third kappa shape index (κ3) is 2.29. The molecule has 1 aromatic heterocycles. The largest absolute Gasteiger partial charge is 0.477 e. The highest BCUT2D eigenvalue weighted by Gasteiger charge is 2.00. The van der Waals surface area contributed by atoms with Gasteiger partial charge in [0.15, 0.2) is 0 Å². The van der Waals surface area contributed by atoms with Gasteiger partial charge in [-0.15, -0.1) is 0 Å². The molecule has 2 rings (SSSR count). The predicted molar refractivity (Wildman–Crippen MR) is 59.4 cm³/mol. The fourth-order valence-electron chi connectivity index (χ4n) is 1.06. The van der Waals surface area contributed by atoms with Gasteiger partial charge in [0, 0.05) is 0 Å². The quantitative estimate of drug-likeness (QED) is 0.612. The third-order valence-electron chi connectivity index (χ3n) is 1.63. The molecule has 0 aliphatic rings. The average molecular weight is 221 g/mol. The first-order valence-electron chi connectivity index (χ1n) is 4.13. The number of hydrogen-bond acceptors (Lipinski definition) is 5. The van der Waals surface area contributed by atoms with Crippen molar-refractivity contribution in [3.05, 3.63) is 24.3 Å². The van der Waals surface area contributed by atoms with Crippen molar-refractivity contribution in [2.45, 2.75) is 0 Å². The van der Waals surface area contributed by atoms with Gasteiger partial charge in [0.05, 0.1) is 10.2 Å². The summed E-state index contributed by atoms with van der Waals surface area (Å²) in [5.74, 6) is -1.09. The molecule has 1 heterocycles. The smallest absolute Gasteiger partial charge is 0.348 e. The Morgan fingerprint density at radius 2 is 2.33 bits per heavy atom. The highest BCUT2D eigenvalue weighted by Crippen LogP contribution is 2.24. The molecule has 5 nitrogen and oxygen atoms in total. The Hall–Kier alpha value is -1.95. The first kappa shape index (κ1) is 9.60. The van der Waals surface area contributed by atoms with Crippen molar-refractivity contribution in [3.63, 3.8) is 0 Å². The fourth-order valence-corrected chi connectivity index (χ4v) is 1.88. The van der Waals surface area contributed by atoms with Gasteiger partial charge in [-0.3, -0.25) is 5.43 Å². The van der Waals surface area contributed by atoms with Gasteiger partial charge in [-0.2, -0.15) is 5.10 Å². The molecule has 0 radical (unpaired) electrons. The van der Waals surface area contributed by atoms with E-state index in [0.717, 1.165) is 16.4 Å². The molecule has 0 fully saturated rings. The number of benzene rings is 1. The van der Waals surface area contributed by atoms with E-state index in [0.29, 0.717) is 5.13 Å². The lowest BCUT2D eigenvalue weighted by molar-refractivity contribution is -0.128. The van der Waals surface area contributed by atoms with Gasteiger partial charge in [-0.25, -0.2) is 9.78 Å². The van der Waals surface area contributed by atoms with Gasteiger partial charge in [0.1, 0.15) is 6.21 Å². The van der Waals surface area contributed by atoms with Crippen LogP contribution in [0.3, 0.4) is 0 Å². The molecule has 0 spiro atoms. The predicted octanol–water partition coefficient (Wildman–Crippen LogP) is 1.78. The van der Waals surface area contributed by atoms with Crippen molar-refractivity contribution in [1.82, 2.24) is 4.98 Å². The molecular formula is C9H7N3O2S. The number of aliphatic carboxylic acids is 1. The number of fused-ring (bicyclic) bond motifs is 1. The van der Waals surface area contributed by atoms with Crippen LogP contribution in [0.4, 0.5) is 5.13 Å². The molecule has 2 aromatic rings. The number of carboxylic acids is 1. The maximum Gasteiger partial charge on any atom is 0.348 e. The summed E-state index contributed by atoms with van der Waals surface area (Å²) in [6, 6.07) is 7.65. The zero-order valence-electron chi connectivity index (χ0n) is 7.54. The molecule has 0 unspecified atom stereocenters. The lowest BCUT2D eigenvalue weighted by Gasteiger charge is -1.88. The van der Waals surface area contributed by atoms with Crippen LogP contribution in [0.5, 0.6) is 0 Å². The summed E-state index contributed by atoms with van der Waals surface area (Å²) in [5.41, 5.74) is 3.43. The number of aromatic nitrogens is 1. The van der Waals surface area contributed by atoms with E-state index < -0.39 is 5.97 Å². The van der Waals surface area contributed by atoms with Gasteiger partial charge < -0.3 is 5.11 Å². The molecule has 0 atom stereocenters. The third-order valence-corrected chi connectivity index (χ3v) is 2.57. The lowest BCUT2D eigenvalue weighted by atomic mass is 10.3. The Bertz CT molecular complexity index is 488. The summed E-state index contributed by atoms with van der Waals surface area (Å²) < 4.78 is 1.03. The molecule has 0 saturated carbocycles. The molecule has 0 bridgehead atoms. The van der Waals surface area contributed by atoms with E-state index >= 15 is 0 Å². The second-order valence-electron chi connectivity index (χ2n) is 2.69. The first-order valence-corrected chi connectivity index (χ1v) is 4.95. The zero-order chi connectivity index (χ0) is 10.7. The molecule has 6 heteroatoms. The average Bonchev–Trinajstić information content (AvgIpc) is 2.59. The zero-order valence-corrected chi connectivity index (χ0v) is 8.36. The van der Waals surface area contributed by atoms with Crippen molar-refractivity contribution in [3.8, 4) is 0 Å². The van der Waals surface area contributed by atoms with Gasteiger partial charge >= 0.3 is 5.97 Å². The van der Waals surface area contributed by atoms with Gasteiger partial charge in [-0.05, 0) is 12.1 Å². The van der Waals surface area contributed by atoms with Crippen LogP contribution in [-0.4, -0.2) is 22.3 Å². The number of para-hydroxylation sites is 1. The summed E-state index contributed by atoms with van der Waals surface area (Å²) in [5, 5.41) is 12.4. The van der Waals surface area contributed by atoms with Crippen LogP contribution in [0.15, 0.2) is 29.4 Å². The Morgan fingerprint density at radius 3 is 3.07 bits per heavy atom. The summed E-state index contributed by atoms with van der Waals surface area (Å²) >= 11 is 1.42. The van der Waals surface area contributed by atoms with Crippen LogP contribution < -0.4 is 5.43 Å². The van der Waals surface area contributed by atoms with Gasteiger partial charge in [0.2, 0.25) is 5.13 Å². The van der Waals surface area contributed by atoms with Crippen LogP contribution in [0.25, 0.3) is 10.2 Å². The first-order chi connectivity index (χ1) is 7.25. The highest BCUT2D eigenvalue weighted by atomic mass is 32.1. The van der Waals surface area contributed by atoms with Gasteiger partial charge in [-0.1, -0.05) is 23.5 Å². The van der Waals surface area contributed by atoms with Crippen LogP contribution in [0.2, 0.25) is 0 Å². The number of anilines is 1. The number of nitrogens with zero attached hydrogens (tertiary/aromatic N) is 2. The molecular weight excluding hydrogens is 214 g/mol. The lowest BCUT2D eigenvalue weighted by Crippen LogP contribution is -1.98. The minimum absolute atomic E-state index is 0.578.